The van der Waals surface area contributed by atoms with E-state index in [4.69, 9.17) is 36.5 Å². The maximum absolute atomic E-state index is 13.2. The van der Waals surface area contributed by atoms with Crippen LogP contribution in [-0.4, -0.2) is 75.2 Å². The average molecular weight is 407 g/mol. The predicted molar refractivity (Wildman–Crippen MR) is 92.6 cm³/mol. The summed E-state index contributed by atoms with van der Waals surface area (Å²) in [6.07, 6.45) is -2.72. The lowest BCUT2D eigenvalue weighted by Crippen LogP contribution is -2.46. The van der Waals surface area contributed by atoms with Crippen LogP contribution in [0.2, 0.25) is 5.02 Å². The molecule has 1 aliphatic heterocycles. The van der Waals surface area contributed by atoms with Gasteiger partial charge in [-0.3, -0.25) is 4.90 Å². The second-order valence-electron chi connectivity index (χ2n) is 5.81. The van der Waals surface area contributed by atoms with E-state index in [-0.39, 0.29) is 13.1 Å². The molecule has 1 heterocycles. The summed E-state index contributed by atoms with van der Waals surface area (Å²) in [4.78, 5) is 30.9. The van der Waals surface area contributed by atoms with Crippen LogP contribution in [0.4, 0.5) is 9.18 Å². The minimum atomic E-state index is -1.82. The Balaban J connectivity index is 0.000000527. The number of carbonyl (C=O) groups is 3. The van der Waals surface area contributed by atoms with Crippen molar-refractivity contribution in [2.24, 2.45) is 0 Å². The minimum absolute atomic E-state index is 0.250. The molecule has 1 saturated heterocycles. The number of likely N-dealkylation sites (tertiary alicyclic amines) is 1. The Hall–Kier alpha value is -2.43. The number of nitrogens with one attached hydrogen (secondary N) is 1. The fourth-order valence-electron chi connectivity index (χ4n) is 2.54. The van der Waals surface area contributed by atoms with Crippen LogP contribution < -0.4 is 5.32 Å². The number of carboxylic acid groups (broad SMARTS) is 3. The minimum Gasteiger partial charge on any atom is -0.473 e. The Morgan fingerprint density at radius 2 is 1.89 bits per heavy atom. The van der Waals surface area contributed by atoms with Crippen molar-refractivity contribution in [2.45, 2.75) is 24.7 Å². The van der Waals surface area contributed by atoms with Crippen molar-refractivity contribution in [3.63, 3.8) is 0 Å². The van der Waals surface area contributed by atoms with E-state index in [1.807, 2.05) is 0 Å². The first-order valence-electron chi connectivity index (χ1n) is 7.85. The second-order valence-corrected chi connectivity index (χ2v) is 6.25. The molecule has 0 radical (unpaired) electrons. The van der Waals surface area contributed by atoms with Crippen molar-refractivity contribution in [3.05, 3.63) is 34.9 Å². The molecule has 9 nitrogen and oxygen atoms in total. The zero-order valence-corrected chi connectivity index (χ0v) is 14.8. The summed E-state index contributed by atoms with van der Waals surface area (Å²) < 4.78 is 13.2. The lowest BCUT2D eigenvalue weighted by atomic mass is 10.0. The molecule has 0 aliphatic carbocycles. The van der Waals surface area contributed by atoms with E-state index in [1.54, 1.807) is 29.2 Å². The van der Waals surface area contributed by atoms with Gasteiger partial charge in [0.25, 0.3) is 0 Å². The van der Waals surface area contributed by atoms with E-state index in [2.05, 4.69) is 5.32 Å². The Bertz CT molecular complexity index is 664. The van der Waals surface area contributed by atoms with Gasteiger partial charge in [-0.1, -0.05) is 23.7 Å². The smallest absolute Gasteiger partial charge is 0.414 e. The second kappa shape index (κ2) is 10.7. The van der Waals surface area contributed by atoms with E-state index in [9.17, 15) is 14.3 Å². The monoisotopic (exact) mass is 406 g/mol. The third-order valence-electron chi connectivity index (χ3n) is 3.73. The van der Waals surface area contributed by atoms with Crippen molar-refractivity contribution in [2.75, 3.05) is 19.6 Å². The molecule has 1 fully saturated rings. The summed E-state index contributed by atoms with van der Waals surface area (Å²) in [6.45, 7) is 1.07. The molecule has 0 spiro atoms. The summed E-state index contributed by atoms with van der Waals surface area (Å²) in [6, 6.07) is 5.88. The predicted octanol–water partition coefficient (Wildman–Crippen LogP) is 1.21. The number of alkyl halides is 1. The number of hydrogen-bond donors (Lipinski definition) is 5. The van der Waals surface area contributed by atoms with Crippen molar-refractivity contribution in [1.82, 2.24) is 10.2 Å². The normalized spacial score (nSPS) is 18.7. The number of aliphatic hydroxyl groups is 1. The molecule has 1 aromatic rings. The Morgan fingerprint density at radius 1 is 1.26 bits per heavy atom. The molecule has 0 saturated carbocycles. The van der Waals surface area contributed by atoms with Gasteiger partial charge in [-0.25, -0.2) is 18.8 Å². The first kappa shape index (κ1) is 22.6. The van der Waals surface area contributed by atoms with Crippen molar-refractivity contribution < 1.29 is 39.2 Å². The maximum atomic E-state index is 13.2. The van der Waals surface area contributed by atoms with Crippen LogP contribution in [-0.2, 0) is 9.59 Å². The lowest BCUT2D eigenvalue weighted by molar-refractivity contribution is -0.159. The molecular weight excluding hydrogens is 387 g/mol. The van der Waals surface area contributed by atoms with Gasteiger partial charge in [-0.05, 0) is 24.1 Å². The van der Waals surface area contributed by atoms with Gasteiger partial charge in [0.15, 0.2) is 0 Å². The maximum Gasteiger partial charge on any atom is 0.414 e. The highest BCUT2D eigenvalue weighted by atomic mass is 35.5. The molecular formula is C16H20ClFN2O7. The summed E-state index contributed by atoms with van der Waals surface area (Å²) in [5, 5.41) is 36.8. The number of hydrogen-bond acceptors (Lipinski definition) is 5. The van der Waals surface area contributed by atoms with Crippen LogP contribution in [0, 0.1) is 0 Å². The molecule has 0 aromatic heterocycles. The van der Waals surface area contributed by atoms with E-state index in [0.29, 0.717) is 23.6 Å². The van der Waals surface area contributed by atoms with E-state index >= 15 is 0 Å². The summed E-state index contributed by atoms with van der Waals surface area (Å²) >= 11 is 5.88. The number of nitrogens with zero attached hydrogens (tertiary/aromatic N) is 1. The van der Waals surface area contributed by atoms with Gasteiger partial charge in [0.2, 0.25) is 0 Å². The van der Waals surface area contributed by atoms with Crippen LogP contribution in [0.5, 0.6) is 0 Å². The molecule has 5 N–H and O–H groups in total. The molecule has 11 heteroatoms. The van der Waals surface area contributed by atoms with Crippen LogP contribution in [0.15, 0.2) is 24.3 Å². The van der Waals surface area contributed by atoms with E-state index in [1.165, 1.54) is 0 Å². The molecule has 1 aliphatic rings. The Morgan fingerprint density at radius 3 is 2.33 bits per heavy atom. The number of rotatable bonds is 5. The standard InChI is InChI=1S/C14H18ClFN2O3.C2H2O4/c15-10-3-1-2-9(6-10)13(19)12(17-14(20)21)8-18-5-4-11(16)7-18;3-1(4)2(5)6/h1-3,6,11-13,17,19H,4-5,7-8H2,(H,20,21);(H,3,4)(H,5,6)/t11?,12-,13-;/m1./s1. The van der Waals surface area contributed by atoms with Crippen LogP contribution >= 0.6 is 11.6 Å². The summed E-state index contributed by atoms with van der Waals surface area (Å²) in [5.74, 6) is -3.65. The molecule has 3 atom stereocenters. The molecule has 2 rings (SSSR count). The summed E-state index contributed by atoms with van der Waals surface area (Å²) in [5.41, 5.74) is 0.525. The highest BCUT2D eigenvalue weighted by Crippen LogP contribution is 2.22. The van der Waals surface area contributed by atoms with Crippen LogP contribution in [0.25, 0.3) is 0 Å². The average Bonchev–Trinajstić information content (AvgIpc) is 2.98. The SMILES string of the molecule is O=C(O)C(=O)O.O=C(O)N[C@H](CN1CCC(F)C1)[C@H](O)c1cccc(Cl)c1. The van der Waals surface area contributed by atoms with Gasteiger partial charge in [0.05, 0.1) is 6.04 Å². The van der Waals surface area contributed by atoms with Gasteiger partial charge in [-0.15, -0.1) is 0 Å². The molecule has 0 bridgehead atoms. The quantitative estimate of drug-likeness (QED) is 0.458. The highest BCUT2D eigenvalue weighted by Gasteiger charge is 2.29. The summed E-state index contributed by atoms with van der Waals surface area (Å²) in [7, 11) is 0. The number of aliphatic carboxylic acids is 2. The van der Waals surface area contributed by atoms with Crippen molar-refractivity contribution in [1.29, 1.82) is 0 Å². The molecule has 27 heavy (non-hydrogen) atoms. The highest BCUT2D eigenvalue weighted by molar-refractivity contribution is 6.30. The Labute approximate surface area is 159 Å². The zero-order valence-electron chi connectivity index (χ0n) is 14.1. The van der Waals surface area contributed by atoms with Gasteiger partial charge >= 0.3 is 18.0 Å². The number of benzene rings is 1. The molecule has 1 amide bonds. The molecule has 150 valence electrons. The van der Waals surface area contributed by atoms with Crippen LogP contribution in [0.3, 0.4) is 0 Å². The first-order valence-corrected chi connectivity index (χ1v) is 8.23. The topological polar surface area (TPSA) is 147 Å². The first-order chi connectivity index (χ1) is 12.6. The van der Waals surface area contributed by atoms with Gasteiger partial charge in [0.1, 0.15) is 12.3 Å². The third kappa shape index (κ3) is 8.20. The fourth-order valence-corrected chi connectivity index (χ4v) is 2.73. The number of halogens is 2. The van der Waals surface area contributed by atoms with Crippen molar-refractivity contribution >= 4 is 29.6 Å². The largest absolute Gasteiger partial charge is 0.473 e. The molecule has 1 unspecified atom stereocenters. The van der Waals surface area contributed by atoms with Crippen molar-refractivity contribution in [3.8, 4) is 0 Å². The van der Waals surface area contributed by atoms with E-state index < -0.39 is 36.3 Å². The Kier molecular flexibility index (Phi) is 8.92. The van der Waals surface area contributed by atoms with E-state index in [0.717, 1.165) is 0 Å². The number of amides is 1. The zero-order chi connectivity index (χ0) is 20.6. The number of aliphatic hydroxyl groups excluding tert-OH is 1. The lowest BCUT2D eigenvalue weighted by Gasteiger charge is -2.27. The molecule has 1 aromatic carbocycles. The van der Waals surface area contributed by atoms with Gasteiger partial charge in [0, 0.05) is 24.7 Å². The number of carboxylic acids is 2. The third-order valence-corrected chi connectivity index (χ3v) is 3.97. The fraction of sp³-hybridized carbons (Fsp3) is 0.438. The van der Waals surface area contributed by atoms with Gasteiger partial charge < -0.3 is 25.7 Å². The van der Waals surface area contributed by atoms with Crippen LogP contribution in [0.1, 0.15) is 18.1 Å². The van der Waals surface area contributed by atoms with Gasteiger partial charge in [-0.2, -0.15) is 0 Å².